The second-order valence-electron chi connectivity index (χ2n) is 7.36. The summed E-state index contributed by atoms with van der Waals surface area (Å²) in [7, 11) is 0. The first-order valence-corrected chi connectivity index (χ1v) is 8.01. The molecule has 0 aromatic heterocycles. The van der Waals surface area contributed by atoms with Gasteiger partial charge in [-0.05, 0) is 50.0 Å². The van der Waals surface area contributed by atoms with E-state index in [1.807, 2.05) is 0 Å². The molecule has 0 aromatic carbocycles. The van der Waals surface area contributed by atoms with E-state index in [0.29, 0.717) is 11.5 Å². The number of nitrogens with zero attached hydrogens (tertiary/aromatic N) is 1. The van der Waals surface area contributed by atoms with Crippen LogP contribution in [0.3, 0.4) is 0 Å². The van der Waals surface area contributed by atoms with E-state index < -0.39 is 0 Å². The average Bonchev–Trinajstić information content (AvgIpc) is 2.51. The van der Waals surface area contributed by atoms with Crippen LogP contribution < -0.4 is 5.73 Å². The van der Waals surface area contributed by atoms with Gasteiger partial charge in [-0.25, -0.2) is 0 Å². The molecule has 0 radical (unpaired) electrons. The molecule has 106 valence electrons. The Bertz CT molecular complexity index is 262. The summed E-state index contributed by atoms with van der Waals surface area (Å²) in [6.45, 7) is 9.67. The van der Waals surface area contributed by atoms with E-state index in [-0.39, 0.29) is 0 Å². The van der Waals surface area contributed by atoms with E-state index in [9.17, 15) is 0 Å². The van der Waals surface area contributed by atoms with Gasteiger partial charge in [0, 0.05) is 18.6 Å². The van der Waals surface area contributed by atoms with Gasteiger partial charge in [-0.15, -0.1) is 0 Å². The Morgan fingerprint density at radius 2 is 1.94 bits per heavy atom. The van der Waals surface area contributed by atoms with Crippen molar-refractivity contribution in [2.45, 2.75) is 77.8 Å². The average molecular weight is 252 g/mol. The number of hydrogen-bond acceptors (Lipinski definition) is 2. The zero-order chi connectivity index (χ0) is 13.2. The lowest BCUT2D eigenvalue weighted by atomic mass is 9.85. The van der Waals surface area contributed by atoms with Crippen LogP contribution in [0.1, 0.15) is 65.7 Å². The van der Waals surface area contributed by atoms with Gasteiger partial charge in [0.05, 0.1) is 0 Å². The molecule has 2 fully saturated rings. The maximum Gasteiger partial charge on any atom is 0.00956 e. The Kier molecular flexibility index (Phi) is 4.71. The van der Waals surface area contributed by atoms with Crippen molar-refractivity contribution in [2.24, 2.45) is 17.1 Å². The standard InChI is InChI=1S/C16H32N2/c1-4-13-12-18(11-8-15(13)17)14-6-5-9-16(2,3)10-7-14/h13-15H,4-12,17H2,1-3H3. The van der Waals surface area contributed by atoms with Crippen molar-refractivity contribution in [3.63, 3.8) is 0 Å². The first-order valence-electron chi connectivity index (χ1n) is 8.01. The number of nitrogens with two attached hydrogens (primary N) is 1. The molecular formula is C16H32N2. The SMILES string of the molecule is CCC1CN(C2CCCC(C)(C)CC2)CCC1N. The van der Waals surface area contributed by atoms with Gasteiger partial charge < -0.3 is 5.73 Å². The zero-order valence-corrected chi connectivity index (χ0v) is 12.6. The molecule has 18 heavy (non-hydrogen) atoms. The summed E-state index contributed by atoms with van der Waals surface area (Å²) in [6.07, 6.45) is 9.49. The van der Waals surface area contributed by atoms with Crippen molar-refractivity contribution in [1.82, 2.24) is 4.90 Å². The van der Waals surface area contributed by atoms with Crippen molar-refractivity contribution >= 4 is 0 Å². The monoisotopic (exact) mass is 252 g/mol. The lowest BCUT2D eigenvalue weighted by Gasteiger charge is -2.41. The van der Waals surface area contributed by atoms with Crippen LogP contribution in [0.2, 0.25) is 0 Å². The third-order valence-corrected chi connectivity index (χ3v) is 5.41. The van der Waals surface area contributed by atoms with Crippen molar-refractivity contribution < 1.29 is 0 Å². The number of rotatable bonds is 2. The third-order valence-electron chi connectivity index (χ3n) is 5.41. The smallest absolute Gasteiger partial charge is 0.00956 e. The lowest BCUT2D eigenvalue weighted by molar-refractivity contribution is 0.0960. The van der Waals surface area contributed by atoms with Crippen molar-refractivity contribution in [3.05, 3.63) is 0 Å². The minimum atomic E-state index is 0.452. The van der Waals surface area contributed by atoms with E-state index in [1.54, 1.807) is 0 Å². The Labute approximate surface area is 113 Å². The Balaban J connectivity index is 1.91. The van der Waals surface area contributed by atoms with Crippen LogP contribution in [0.25, 0.3) is 0 Å². The Hall–Kier alpha value is -0.0800. The van der Waals surface area contributed by atoms with Crippen LogP contribution in [0.5, 0.6) is 0 Å². The number of piperidine rings is 1. The summed E-state index contributed by atoms with van der Waals surface area (Å²) < 4.78 is 0. The van der Waals surface area contributed by atoms with Crippen LogP contribution in [0.15, 0.2) is 0 Å². The molecule has 1 heterocycles. The van der Waals surface area contributed by atoms with Crippen molar-refractivity contribution in [3.8, 4) is 0 Å². The molecule has 2 aliphatic rings. The van der Waals surface area contributed by atoms with Crippen LogP contribution >= 0.6 is 0 Å². The predicted molar refractivity (Wildman–Crippen MR) is 78.6 cm³/mol. The predicted octanol–water partition coefficient (Wildman–Crippen LogP) is 3.40. The van der Waals surface area contributed by atoms with Crippen LogP contribution in [-0.2, 0) is 0 Å². The first-order chi connectivity index (χ1) is 8.52. The molecule has 2 nitrogen and oxygen atoms in total. The zero-order valence-electron chi connectivity index (χ0n) is 12.6. The molecule has 0 bridgehead atoms. The largest absolute Gasteiger partial charge is 0.327 e. The van der Waals surface area contributed by atoms with Crippen molar-refractivity contribution in [2.75, 3.05) is 13.1 Å². The third kappa shape index (κ3) is 3.48. The van der Waals surface area contributed by atoms with E-state index >= 15 is 0 Å². The molecule has 1 aliphatic heterocycles. The molecule has 2 heteroatoms. The molecule has 0 spiro atoms. The van der Waals surface area contributed by atoms with Gasteiger partial charge in [-0.2, -0.15) is 0 Å². The fourth-order valence-corrected chi connectivity index (χ4v) is 3.85. The highest BCUT2D eigenvalue weighted by Gasteiger charge is 2.32. The maximum absolute atomic E-state index is 6.23. The molecule has 3 unspecified atom stereocenters. The van der Waals surface area contributed by atoms with Crippen LogP contribution in [0.4, 0.5) is 0 Å². The highest BCUT2D eigenvalue weighted by Crippen LogP contribution is 2.36. The molecular weight excluding hydrogens is 220 g/mol. The number of likely N-dealkylation sites (tertiary alicyclic amines) is 1. The summed E-state index contributed by atoms with van der Waals surface area (Å²) in [6, 6.07) is 1.29. The van der Waals surface area contributed by atoms with Crippen LogP contribution in [-0.4, -0.2) is 30.1 Å². The van der Waals surface area contributed by atoms with Gasteiger partial charge in [0.25, 0.3) is 0 Å². The summed E-state index contributed by atoms with van der Waals surface area (Å²) >= 11 is 0. The fourth-order valence-electron chi connectivity index (χ4n) is 3.85. The topological polar surface area (TPSA) is 29.3 Å². The second kappa shape index (κ2) is 5.92. The summed E-state index contributed by atoms with van der Waals surface area (Å²) in [5.41, 5.74) is 6.80. The van der Waals surface area contributed by atoms with Gasteiger partial charge in [0.1, 0.15) is 0 Å². The molecule has 1 saturated heterocycles. The first kappa shape index (κ1) is 14.3. The van der Waals surface area contributed by atoms with Gasteiger partial charge in [0.2, 0.25) is 0 Å². The fraction of sp³-hybridized carbons (Fsp3) is 1.00. The van der Waals surface area contributed by atoms with Crippen LogP contribution in [0, 0.1) is 11.3 Å². The molecule has 2 rings (SSSR count). The van der Waals surface area contributed by atoms with Gasteiger partial charge >= 0.3 is 0 Å². The highest BCUT2D eigenvalue weighted by atomic mass is 15.2. The van der Waals surface area contributed by atoms with E-state index in [2.05, 4.69) is 25.7 Å². The van der Waals surface area contributed by atoms with E-state index in [0.717, 1.165) is 12.0 Å². The maximum atomic E-state index is 6.23. The lowest BCUT2D eigenvalue weighted by Crippen LogP contribution is -2.50. The molecule has 1 aliphatic carbocycles. The van der Waals surface area contributed by atoms with Gasteiger partial charge in [-0.1, -0.05) is 33.6 Å². The van der Waals surface area contributed by atoms with E-state index in [4.69, 9.17) is 5.73 Å². The normalized spacial score (nSPS) is 38.3. The molecule has 0 aromatic rings. The number of hydrogen-bond donors (Lipinski definition) is 1. The van der Waals surface area contributed by atoms with E-state index in [1.165, 1.54) is 58.0 Å². The summed E-state index contributed by atoms with van der Waals surface area (Å²) in [4.78, 5) is 2.76. The highest BCUT2D eigenvalue weighted by molar-refractivity contribution is 4.88. The minimum absolute atomic E-state index is 0.452. The molecule has 2 N–H and O–H groups in total. The summed E-state index contributed by atoms with van der Waals surface area (Å²) in [5, 5.41) is 0. The molecule has 1 saturated carbocycles. The minimum Gasteiger partial charge on any atom is -0.327 e. The Morgan fingerprint density at radius 3 is 2.67 bits per heavy atom. The Morgan fingerprint density at radius 1 is 1.17 bits per heavy atom. The second-order valence-corrected chi connectivity index (χ2v) is 7.36. The van der Waals surface area contributed by atoms with Gasteiger partial charge in [0.15, 0.2) is 0 Å². The molecule has 3 atom stereocenters. The quantitative estimate of drug-likeness (QED) is 0.763. The summed E-state index contributed by atoms with van der Waals surface area (Å²) in [5.74, 6) is 0.731. The molecule has 0 amide bonds. The van der Waals surface area contributed by atoms with Gasteiger partial charge in [-0.3, -0.25) is 4.90 Å². The van der Waals surface area contributed by atoms with Crippen molar-refractivity contribution in [1.29, 1.82) is 0 Å².